The Hall–Kier alpha value is -2.73. The van der Waals surface area contributed by atoms with Crippen molar-refractivity contribution in [3.63, 3.8) is 0 Å². The largest absolute Gasteiger partial charge is 0.486 e. The molecule has 31 heavy (non-hydrogen) atoms. The molecule has 0 saturated carbocycles. The molecule has 0 bridgehead atoms. The minimum absolute atomic E-state index is 0.136. The summed E-state index contributed by atoms with van der Waals surface area (Å²) in [6, 6.07) is 14.8. The number of benzene rings is 2. The maximum absolute atomic E-state index is 13.2. The van der Waals surface area contributed by atoms with E-state index in [1.807, 2.05) is 6.07 Å². The number of rotatable bonds is 4. The first-order valence-electron chi connectivity index (χ1n) is 11.4. The molecule has 2 saturated heterocycles. The van der Waals surface area contributed by atoms with Gasteiger partial charge in [0.05, 0.1) is 12.6 Å². The summed E-state index contributed by atoms with van der Waals surface area (Å²) in [5.74, 6) is 1.84. The standard InChI is InChI=1S/C25H31N3O3/c1-19-5-2-3-6-21(19)27-13-11-26(12-14-27)18-25(29)28-10-4-7-22(28)20-8-9-23-24(17-20)31-16-15-30-23/h2-3,5-6,8-9,17,22H,4,7,10-16,18H2,1H3/t22-/m1/s1. The van der Waals surface area contributed by atoms with Gasteiger partial charge in [0.25, 0.3) is 0 Å². The van der Waals surface area contributed by atoms with Crippen molar-refractivity contribution in [3.05, 3.63) is 53.6 Å². The summed E-state index contributed by atoms with van der Waals surface area (Å²) in [4.78, 5) is 20.0. The molecule has 0 radical (unpaired) electrons. The van der Waals surface area contributed by atoms with Crippen LogP contribution in [0, 0.1) is 6.92 Å². The Kier molecular flexibility index (Phi) is 5.72. The molecule has 1 amide bonds. The van der Waals surface area contributed by atoms with Gasteiger partial charge in [0.15, 0.2) is 11.5 Å². The third-order valence-electron chi connectivity index (χ3n) is 6.71. The predicted octanol–water partition coefficient (Wildman–Crippen LogP) is 3.25. The van der Waals surface area contributed by atoms with E-state index in [9.17, 15) is 4.79 Å². The van der Waals surface area contributed by atoms with Gasteiger partial charge in [-0.15, -0.1) is 0 Å². The van der Waals surface area contributed by atoms with Crippen molar-refractivity contribution in [2.24, 2.45) is 0 Å². The highest BCUT2D eigenvalue weighted by atomic mass is 16.6. The minimum Gasteiger partial charge on any atom is -0.486 e. The van der Waals surface area contributed by atoms with Crippen molar-refractivity contribution in [2.45, 2.75) is 25.8 Å². The lowest BCUT2D eigenvalue weighted by Crippen LogP contribution is -2.50. The fraction of sp³-hybridized carbons (Fsp3) is 0.480. The van der Waals surface area contributed by atoms with Crippen LogP contribution < -0.4 is 14.4 Å². The Morgan fingerprint density at radius 3 is 2.55 bits per heavy atom. The van der Waals surface area contributed by atoms with Crippen LogP contribution in [-0.2, 0) is 4.79 Å². The molecule has 0 spiro atoms. The van der Waals surface area contributed by atoms with E-state index >= 15 is 0 Å². The van der Waals surface area contributed by atoms with Crippen LogP contribution >= 0.6 is 0 Å². The van der Waals surface area contributed by atoms with Gasteiger partial charge in [-0.2, -0.15) is 0 Å². The Morgan fingerprint density at radius 2 is 1.74 bits per heavy atom. The first kappa shape index (κ1) is 20.2. The van der Waals surface area contributed by atoms with E-state index in [4.69, 9.17) is 9.47 Å². The molecule has 6 heteroatoms. The molecule has 3 aliphatic rings. The number of likely N-dealkylation sites (tertiary alicyclic amines) is 1. The molecule has 5 rings (SSSR count). The summed E-state index contributed by atoms with van der Waals surface area (Å²) in [6.45, 7) is 8.44. The lowest BCUT2D eigenvalue weighted by Gasteiger charge is -2.37. The van der Waals surface area contributed by atoms with Gasteiger partial charge >= 0.3 is 0 Å². The second-order valence-corrected chi connectivity index (χ2v) is 8.70. The lowest BCUT2D eigenvalue weighted by molar-refractivity contribution is -0.133. The Morgan fingerprint density at radius 1 is 0.968 bits per heavy atom. The number of hydrogen-bond donors (Lipinski definition) is 0. The number of hydrogen-bond acceptors (Lipinski definition) is 5. The van der Waals surface area contributed by atoms with Crippen LogP contribution in [0.15, 0.2) is 42.5 Å². The van der Waals surface area contributed by atoms with Crippen LogP contribution in [0.5, 0.6) is 11.5 Å². The number of amides is 1. The monoisotopic (exact) mass is 421 g/mol. The van der Waals surface area contributed by atoms with Gasteiger partial charge in [-0.05, 0) is 49.1 Å². The maximum Gasteiger partial charge on any atom is 0.237 e. The quantitative estimate of drug-likeness (QED) is 0.758. The summed E-state index contributed by atoms with van der Waals surface area (Å²) in [5.41, 5.74) is 3.78. The molecule has 2 fully saturated rings. The van der Waals surface area contributed by atoms with Gasteiger partial charge in [0.2, 0.25) is 5.91 Å². The fourth-order valence-electron chi connectivity index (χ4n) is 5.03. The molecular weight excluding hydrogens is 390 g/mol. The molecule has 2 aromatic rings. The predicted molar refractivity (Wildman–Crippen MR) is 121 cm³/mol. The smallest absolute Gasteiger partial charge is 0.237 e. The Bertz CT molecular complexity index is 939. The average Bonchev–Trinajstić information content (AvgIpc) is 3.30. The molecule has 3 aliphatic heterocycles. The maximum atomic E-state index is 13.2. The van der Waals surface area contributed by atoms with Crippen molar-refractivity contribution in [1.82, 2.24) is 9.80 Å². The zero-order chi connectivity index (χ0) is 21.2. The van der Waals surface area contributed by atoms with Crippen molar-refractivity contribution < 1.29 is 14.3 Å². The number of ether oxygens (including phenoxy) is 2. The van der Waals surface area contributed by atoms with Gasteiger partial charge in [-0.1, -0.05) is 24.3 Å². The number of anilines is 1. The van der Waals surface area contributed by atoms with Gasteiger partial charge in [0, 0.05) is 38.4 Å². The first-order chi connectivity index (χ1) is 15.2. The van der Waals surface area contributed by atoms with E-state index in [1.165, 1.54) is 11.3 Å². The van der Waals surface area contributed by atoms with Crippen LogP contribution in [0.1, 0.15) is 30.0 Å². The van der Waals surface area contributed by atoms with Crippen molar-refractivity contribution in [2.75, 3.05) is 57.4 Å². The molecule has 2 aromatic carbocycles. The van der Waals surface area contributed by atoms with Gasteiger partial charge in [-0.3, -0.25) is 9.69 Å². The van der Waals surface area contributed by atoms with E-state index in [0.717, 1.165) is 62.6 Å². The van der Waals surface area contributed by atoms with Crippen LogP contribution in [0.3, 0.4) is 0 Å². The molecule has 6 nitrogen and oxygen atoms in total. The number of carbonyl (C=O) groups is 1. The van der Waals surface area contributed by atoms with E-state index in [0.29, 0.717) is 19.8 Å². The molecule has 3 heterocycles. The minimum atomic E-state index is 0.136. The van der Waals surface area contributed by atoms with Gasteiger partial charge in [0.1, 0.15) is 13.2 Å². The number of carbonyl (C=O) groups excluding carboxylic acids is 1. The summed E-state index contributed by atoms with van der Waals surface area (Å²) < 4.78 is 11.4. The SMILES string of the molecule is Cc1ccccc1N1CCN(CC(=O)N2CCC[C@@H]2c2ccc3c(c2)OCCO3)CC1. The number of para-hydroxylation sites is 1. The van der Waals surface area contributed by atoms with Crippen molar-refractivity contribution in [1.29, 1.82) is 0 Å². The number of aryl methyl sites for hydroxylation is 1. The fourth-order valence-corrected chi connectivity index (χ4v) is 5.03. The first-order valence-corrected chi connectivity index (χ1v) is 11.4. The van der Waals surface area contributed by atoms with E-state index in [1.54, 1.807) is 0 Å². The third kappa shape index (κ3) is 4.22. The van der Waals surface area contributed by atoms with E-state index in [2.05, 4.69) is 58.0 Å². The summed E-state index contributed by atoms with van der Waals surface area (Å²) in [5, 5.41) is 0. The van der Waals surface area contributed by atoms with Gasteiger partial charge < -0.3 is 19.3 Å². The molecule has 0 aromatic heterocycles. The van der Waals surface area contributed by atoms with Crippen molar-refractivity contribution in [3.8, 4) is 11.5 Å². The van der Waals surface area contributed by atoms with Crippen LogP contribution in [0.4, 0.5) is 5.69 Å². The molecule has 164 valence electrons. The van der Waals surface area contributed by atoms with E-state index < -0.39 is 0 Å². The number of fused-ring (bicyclic) bond motifs is 1. The van der Waals surface area contributed by atoms with Crippen molar-refractivity contribution >= 4 is 11.6 Å². The summed E-state index contributed by atoms with van der Waals surface area (Å²) in [7, 11) is 0. The van der Waals surface area contributed by atoms with Crippen LogP contribution in [-0.4, -0.2) is 68.2 Å². The average molecular weight is 422 g/mol. The number of nitrogens with zero attached hydrogens (tertiary/aromatic N) is 3. The van der Waals surface area contributed by atoms with Crippen LogP contribution in [0.2, 0.25) is 0 Å². The summed E-state index contributed by atoms with van der Waals surface area (Å²) >= 11 is 0. The van der Waals surface area contributed by atoms with Crippen LogP contribution in [0.25, 0.3) is 0 Å². The topological polar surface area (TPSA) is 45.2 Å². The normalized spacial score (nSPS) is 21.4. The third-order valence-corrected chi connectivity index (χ3v) is 6.71. The zero-order valence-corrected chi connectivity index (χ0v) is 18.3. The molecule has 0 aliphatic carbocycles. The highest BCUT2D eigenvalue weighted by molar-refractivity contribution is 5.79. The molecule has 0 unspecified atom stereocenters. The van der Waals surface area contributed by atoms with E-state index in [-0.39, 0.29) is 11.9 Å². The zero-order valence-electron chi connectivity index (χ0n) is 18.3. The second-order valence-electron chi connectivity index (χ2n) is 8.70. The Balaban J connectivity index is 1.20. The summed E-state index contributed by atoms with van der Waals surface area (Å²) in [6.07, 6.45) is 2.05. The molecule has 1 atom stereocenters. The molecule has 0 N–H and O–H groups in total. The number of piperazine rings is 1. The van der Waals surface area contributed by atoms with Gasteiger partial charge in [-0.25, -0.2) is 0 Å². The molecular formula is C25H31N3O3. The highest BCUT2D eigenvalue weighted by Gasteiger charge is 2.32. The highest BCUT2D eigenvalue weighted by Crippen LogP contribution is 2.38. The Labute approximate surface area is 184 Å². The second kappa shape index (κ2) is 8.79. The lowest BCUT2D eigenvalue weighted by atomic mass is 10.0.